The van der Waals surface area contributed by atoms with Crippen LogP contribution < -0.4 is 11.5 Å². The maximum atomic E-state index is 9.74. The van der Waals surface area contributed by atoms with Crippen molar-refractivity contribution in [3.63, 3.8) is 0 Å². The van der Waals surface area contributed by atoms with Crippen LogP contribution in [0.1, 0.15) is 11.7 Å². The molecule has 1 aromatic carbocycles. The maximum Gasteiger partial charge on any atom is 0.292 e. The van der Waals surface area contributed by atoms with Gasteiger partial charge in [-0.05, 0) is 17.7 Å². The molecule has 0 radical (unpaired) electrons. The lowest BCUT2D eigenvalue weighted by molar-refractivity contribution is 0.0244. The Kier molecular flexibility index (Phi) is 2.78. The van der Waals surface area contributed by atoms with Crippen LogP contribution in [0.4, 0.5) is 6.01 Å². The van der Waals surface area contributed by atoms with Crippen LogP contribution in [-0.4, -0.2) is 27.8 Å². The van der Waals surface area contributed by atoms with Crippen molar-refractivity contribution >= 4 is 17.1 Å². The summed E-state index contributed by atoms with van der Waals surface area (Å²) in [7, 11) is 0. The van der Waals surface area contributed by atoms with E-state index in [1.807, 2.05) is 0 Å². The molecule has 86 valence electrons. The first-order valence-corrected chi connectivity index (χ1v) is 4.84. The van der Waals surface area contributed by atoms with Crippen LogP contribution >= 0.6 is 0 Å². The highest BCUT2D eigenvalue weighted by atomic mass is 16.4. The number of aliphatic hydroxyl groups excluding tert-OH is 2. The highest BCUT2D eigenvalue weighted by Crippen LogP contribution is 2.23. The molecule has 16 heavy (non-hydrogen) atoms. The van der Waals surface area contributed by atoms with Crippen molar-refractivity contribution in [1.82, 2.24) is 4.98 Å². The van der Waals surface area contributed by atoms with Crippen molar-refractivity contribution in [2.45, 2.75) is 12.2 Å². The molecule has 2 aromatic rings. The van der Waals surface area contributed by atoms with Crippen LogP contribution in [0.3, 0.4) is 0 Å². The molecular weight excluding hydrogens is 210 g/mol. The lowest BCUT2D eigenvalue weighted by Crippen LogP contribution is -2.27. The van der Waals surface area contributed by atoms with Gasteiger partial charge in [-0.1, -0.05) is 6.07 Å². The average Bonchev–Trinajstić information content (AvgIpc) is 2.65. The summed E-state index contributed by atoms with van der Waals surface area (Å²) in [5.74, 6) is 0. The van der Waals surface area contributed by atoms with Crippen LogP contribution in [0.2, 0.25) is 0 Å². The molecule has 2 atom stereocenters. The van der Waals surface area contributed by atoms with Crippen molar-refractivity contribution < 1.29 is 14.6 Å². The van der Waals surface area contributed by atoms with E-state index in [0.717, 1.165) is 0 Å². The van der Waals surface area contributed by atoms with Crippen LogP contribution in [-0.2, 0) is 0 Å². The molecule has 0 spiro atoms. The lowest BCUT2D eigenvalue weighted by Gasteiger charge is -2.15. The normalized spacial score (nSPS) is 15.2. The van der Waals surface area contributed by atoms with Gasteiger partial charge in [0.25, 0.3) is 6.01 Å². The summed E-state index contributed by atoms with van der Waals surface area (Å²) in [5.41, 5.74) is 12.3. The molecule has 0 amide bonds. The van der Waals surface area contributed by atoms with E-state index in [9.17, 15) is 10.2 Å². The number of fused-ring (bicyclic) bond motifs is 1. The predicted octanol–water partition coefficient (Wildman–Crippen LogP) is -0.237. The Hall–Kier alpha value is -1.63. The fourth-order valence-electron chi connectivity index (χ4n) is 1.50. The van der Waals surface area contributed by atoms with E-state index in [1.54, 1.807) is 18.2 Å². The zero-order valence-electron chi connectivity index (χ0n) is 8.50. The number of nitrogens with zero attached hydrogens (tertiary/aromatic N) is 1. The first-order valence-electron chi connectivity index (χ1n) is 4.84. The van der Waals surface area contributed by atoms with Crippen LogP contribution in [0.5, 0.6) is 0 Å². The van der Waals surface area contributed by atoms with Gasteiger partial charge < -0.3 is 26.1 Å². The molecule has 6 nitrogen and oxygen atoms in total. The summed E-state index contributed by atoms with van der Waals surface area (Å²) < 4.78 is 5.09. The number of benzene rings is 1. The Balaban J connectivity index is 2.38. The van der Waals surface area contributed by atoms with Crippen LogP contribution in [0.15, 0.2) is 22.6 Å². The second-order valence-corrected chi connectivity index (χ2v) is 3.53. The third-order valence-corrected chi connectivity index (χ3v) is 2.38. The summed E-state index contributed by atoms with van der Waals surface area (Å²) >= 11 is 0. The topological polar surface area (TPSA) is 119 Å². The minimum atomic E-state index is -1.03. The molecular formula is C10H13N3O3. The highest BCUT2D eigenvalue weighted by molar-refractivity contribution is 5.75. The van der Waals surface area contributed by atoms with Crippen LogP contribution in [0, 0.1) is 0 Å². The van der Waals surface area contributed by atoms with Crippen molar-refractivity contribution in [1.29, 1.82) is 0 Å². The van der Waals surface area contributed by atoms with Gasteiger partial charge in [0.15, 0.2) is 5.58 Å². The molecule has 0 aliphatic heterocycles. The minimum absolute atomic E-state index is 0.0137. The van der Waals surface area contributed by atoms with Crippen molar-refractivity contribution in [3.8, 4) is 0 Å². The van der Waals surface area contributed by atoms with Gasteiger partial charge in [0.2, 0.25) is 0 Å². The Bertz CT molecular complexity index is 497. The number of aliphatic hydroxyl groups is 2. The molecule has 0 saturated carbocycles. The first kappa shape index (κ1) is 10.9. The highest BCUT2D eigenvalue weighted by Gasteiger charge is 2.17. The van der Waals surface area contributed by atoms with Gasteiger partial charge in [-0.2, -0.15) is 4.98 Å². The number of oxazole rings is 1. The number of anilines is 1. The van der Waals surface area contributed by atoms with Crippen molar-refractivity contribution in [2.24, 2.45) is 5.73 Å². The van der Waals surface area contributed by atoms with Gasteiger partial charge in [-0.3, -0.25) is 0 Å². The molecule has 1 aromatic heterocycles. The fraction of sp³-hybridized carbons (Fsp3) is 0.300. The predicted molar refractivity (Wildman–Crippen MR) is 58.4 cm³/mol. The van der Waals surface area contributed by atoms with Gasteiger partial charge in [0.05, 0.1) is 6.10 Å². The van der Waals surface area contributed by atoms with E-state index in [0.29, 0.717) is 16.7 Å². The summed E-state index contributed by atoms with van der Waals surface area (Å²) in [4.78, 5) is 3.93. The monoisotopic (exact) mass is 223 g/mol. The van der Waals surface area contributed by atoms with Crippen molar-refractivity contribution in [2.75, 3.05) is 12.3 Å². The van der Waals surface area contributed by atoms with E-state index < -0.39 is 12.2 Å². The van der Waals surface area contributed by atoms with Gasteiger partial charge >= 0.3 is 0 Å². The maximum absolute atomic E-state index is 9.74. The molecule has 6 N–H and O–H groups in total. The van der Waals surface area contributed by atoms with E-state index in [1.165, 1.54) is 0 Å². The summed E-state index contributed by atoms with van der Waals surface area (Å²) in [6, 6.07) is 4.96. The molecule has 1 heterocycles. The Labute approximate surface area is 91.5 Å². The molecule has 0 aliphatic rings. The number of nitrogen functional groups attached to an aromatic ring is 1. The Morgan fingerprint density at radius 1 is 1.38 bits per heavy atom. The number of hydrogen-bond acceptors (Lipinski definition) is 6. The molecule has 0 bridgehead atoms. The minimum Gasteiger partial charge on any atom is -0.424 e. The first-order chi connectivity index (χ1) is 7.61. The molecule has 0 fully saturated rings. The van der Waals surface area contributed by atoms with Gasteiger partial charge in [0.1, 0.15) is 11.6 Å². The quantitative estimate of drug-likeness (QED) is 0.570. The summed E-state index contributed by atoms with van der Waals surface area (Å²) in [5, 5.41) is 19.1. The second kappa shape index (κ2) is 4.09. The van der Waals surface area contributed by atoms with E-state index in [-0.39, 0.29) is 12.6 Å². The van der Waals surface area contributed by atoms with E-state index in [2.05, 4.69) is 4.98 Å². The molecule has 2 unspecified atom stereocenters. The van der Waals surface area contributed by atoms with Crippen LogP contribution in [0.25, 0.3) is 11.1 Å². The third kappa shape index (κ3) is 1.85. The smallest absolute Gasteiger partial charge is 0.292 e. The van der Waals surface area contributed by atoms with Gasteiger partial charge in [0, 0.05) is 6.54 Å². The summed E-state index contributed by atoms with van der Waals surface area (Å²) in [6.45, 7) is -0.0137. The fourth-order valence-corrected chi connectivity index (χ4v) is 1.50. The SMILES string of the molecule is NCC(O)C(O)c1ccc2oc(N)nc2c1. The largest absolute Gasteiger partial charge is 0.424 e. The standard InChI is InChI=1S/C10H13N3O3/c11-4-7(14)9(15)5-1-2-8-6(3-5)13-10(12)16-8/h1-3,7,9,14-15H,4,11H2,(H2,12,13). The van der Waals surface area contributed by atoms with Gasteiger partial charge in [-0.25, -0.2) is 0 Å². The number of hydrogen-bond donors (Lipinski definition) is 4. The van der Waals surface area contributed by atoms with E-state index >= 15 is 0 Å². The number of aromatic nitrogens is 1. The van der Waals surface area contributed by atoms with E-state index in [4.69, 9.17) is 15.9 Å². The lowest BCUT2D eigenvalue weighted by atomic mass is 10.0. The second-order valence-electron chi connectivity index (χ2n) is 3.53. The molecule has 0 saturated heterocycles. The number of rotatable bonds is 3. The number of nitrogens with two attached hydrogens (primary N) is 2. The third-order valence-electron chi connectivity index (χ3n) is 2.38. The Morgan fingerprint density at radius 3 is 2.81 bits per heavy atom. The summed E-state index contributed by atoms with van der Waals surface area (Å²) in [6.07, 6.45) is -2.03. The molecule has 6 heteroatoms. The van der Waals surface area contributed by atoms with Gasteiger partial charge in [-0.15, -0.1) is 0 Å². The molecule has 0 aliphatic carbocycles. The Morgan fingerprint density at radius 2 is 2.12 bits per heavy atom. The zero-order chi connectivity index (χ0) is 11.7. The molecule has 2 rings (SSSR count). The zero-order valence-corrected chi connectivity index (χ0v) is 8.50. The average molecular weight is 223 g/mol. The van der Waals surface area contributed by atoms with Crippen molar-refractivity contribution in [3.05, 3.63) is 23.8 Å².